The van der Waals surface area contributed by atoms with Crippen LogP contribution in [-0.4, -0.2) is 38.6 Å². The average molecular weight is 312 g/mol. The summed E-state index contributed by atoms with van der Waals surface area (Å²) < 4.78 is 5.51. The highest BCUT2D eigenvalue weighted by Gasteiger charge is 2.24. The number of anilines is 2. The highest BCUT2D eigenvalue weighted by Crippen LogP contribution is 2.35. The molecule has 1 aliphatic rings. The van der Waals surface area contributed by atoms with Crippen LogP contribution in [0.25, 0.3) is 0 Å². The molecule has 0 aromatic carbocycles. The summed E-state index contributed by atoms with van der Waals surface area (Å²) in [5, 5.41) is 6.13. The quantitative estimate of drug-likeness (QED) is 0.525. The van der Waals surface area contributed by atoms with E-state index in [0.717, 1.165) is 17.9 Å². The van der Waals surface area contributed by atoms with E-state index >= 15 is 0 Å². The summed E-state index contributed by atoms with van der Waals surface area (Å²) in [4.78, 5) is 23.4. The van der Waals surface area contributed by atoms with Gasteiger partial charge < -0.3 is 26.8 Å². The van der Waals surface area contributed by atoms with Crippen molar-refractivity contribution in [2.24, 2.45) is 11.7 Å². The second kappa shape index (κ2) is 6.77. The zero-order valence-corrected chi connectivity index (χ0v) is 12.7. The fraction of sp³-hybridized carbons (Fsp3) is 0.538. The molecule has 1 aliphatic carbocycles. The number of carbonyl (C=O) groups is 2. The van der Waals surface area contributed by atoms with Crippen LogP contribution in [0, 0.1) is 5.92 Å². The van der Waals surface area contributed by atoms with Gasteiger partial charge in [0.15, 0.2) is 0 Å². The zero-order chi connectivity index (χ0) is 15.4. The molecule has 0 bridgehead atoms. The first-order valence-corrected chi connectivity index (χ1v) is 7.62. The number of hydrogen-bond donors (Lipinski definition) is 4. The summed E-state index contributed by atoms with van der Waals surface area (Å²) in [5.41, 5.74) is 11.5. The molecule has 116 valence electrons. The van der Waals surface area contributed by atoms with Gasteiger partial charge in [0.25, 0.3) is 11.8 Å². The standard InChI is InChI=1S/C13H20N4O3S/c1-16-12(19)8-9(14)10(11(15)18)21-13(8)17-4-5-20-6-7-2-3-7/h7,17H,2-6,14H2,1H3,(H2,15,18)(H,16,19). The highest BCUT2D eigenvalue weighted by molar-refractivity contribution is 7.19. The Morgan fingerprint density at radius 2 is 2.14 bits per heavy atom. The maximum absolute atomic E-state index is 11.9. The summed E-state index contributed by atoms with van der Waals surface area (Å²) in [5.74, 6) is -0.274. The molecule has 6 N–H and O–H groups in total. The summed E-state index contributed by atoms with van der Waals surface area (Å²) in [6.07, 6.45) is 2.50. The normalized spacial score (nSPS) is 14.0. The van der Waals surface area contributed by atoms with Crippen molar-refractivity contribution >= 4 is 33.8 Å². The summed E-state index contributed by atoms with van der Waals surface area (Å²) in [6, 6.07) is 0. The maximum atomic E-state index is 11.9. The van der Waals surface area contributed by atoms with E-state index in [1.807, 2.05) is 0 Å². The monoisotopic (exact) mass is 312 g/mol. The molecule has 2 rings (SSSR count). The highest BCUT2D eigenvalue weighted by atomic mass is 32.1. The van der Waals surface area contributed by atoms with Gasteiger partial charge in [-0.1, -0.05) is 0 Å². The van der Waals surface area contributed by atoms with Gasteiger partial charge in [-0.3, -0.25) is 9.59 Å². The number of amides is 2. The number of nitrogen functional groups attached to an aromatic ring is 1. The molecule has 21 heavy (non-hydrogen) atoms. The molecule has 0 aliphatic heterocycles. The lowest BCUT2D eigenvalue weighted by Crippen LogP contribution is -2.21. The van der Waals surface area contributed by atoms with Crippen LogP contribution in [0.4, 0.5) is 10.7 Å². The molecular formula is C13H20N4O3S. The Balaban J connectivity index is 2.00. The van der Waals surface area contributed by atoms with Gasteiger partial charge in [-0.2, -0.15) is 0 Å². The van der Waals surface area contributed by atoms with Crippen LogP contribution in [-0.2, 0) is 4.74 Å². The van der Waals surface area contributed by atoms with Crippen LogP contribution in [0.2, 0.25) is 0 Å². The molecule has 1 fully saturated rings. The third-order valence-corrected chi connectivity index (χ3v) is 4.38. The first kappa shape index (κ1) is 15.6. The predicted molar refractivity (Wildman–Crippen MR) is 82.7 cm³/mol. The Labute approximate surface area is 127 Å². The number of rotatable bonds is 8. The molecule has 7 nitrogen and oxygen atoms in total. The molecule has 1 aromatic heterocycles. The van der Waals surface area contributed by atoms with Crippen LogP contribution in [0.15, 0.2) is 0 Å². The van der Waals surface area contributed by atoms with E-state index < -0.39 is 5.91 Å². The number of carbonyl (C=O) groups excluding carboxylic acids is 2. The minimum Gasteiger partial charge on any atom is -0.397 e. The molecule has 2 amide bonds. The second-order valence-electron chi connectivity index (χ2n) is 4.94. The second-order valence-corrected chi connectivity index (χ2v) is 5.96. The minimum absolute atomic E-state index is 0.119. The van der Waals surface area contributed by atoms with Crippen LogP contribution in [0.3, 0.4) is 0 Å². The third kappa shape index (κ3) is 3.85. The molecule has 0 saturated heterocycles. The largest absolute Gasteiger partial charge is 0.397 e. The molecule has 1 aromatic rings. The Morgan fingerprint density at radius 3 is 2.71 bits per heavy atom. The summed E-state index contributed by atoms with van der Waals surface area (Å²) >= 11 is 1.09. The van der Waals surface area contributed by atoms with Gasteiger partial charge in [0.05, 0.1) is 17.9 Å². The Hall–Kier alpha value is -1.80. The van der Waals surface area contributed by atoms with Crippen molar-refractivity contribution in [1.29, 1.82) is 0 Å². The summed E-state index contributed by atoms with van der Waals surface area (Å²) in [6.45, 7) is 1.85. The third-order valence-electron chi connectivity index (χ3n) is 3.21. The van der Waals surface area contributed by atoms with Crippen molar-refractivity contribution in [2.75, 3.05) is 37.9 Å². The van der Waals surface area contributed by atoms with Crippen molar-refractivity contribution in [1.82, 2.24) is 5.32 Å². The lowest BCUT2D eigenvalue weighted by Gasteiger charge is -2.07. The van der Waals surface area contributed by atoms with E-state index in [1.54, 1.807) is 0 Å². The van der Waals surface area contributed by atoms with Gasteiger partial charge in [-0.05, 0) is 18.8 Å². The van der Waals surface area contributed by atoms with E-state index in [2.05, 4.69) is 10.6 Å². The van der Waals surface area contributed by atoms with Gasteiger partial charge in [-0.25, -0.2) is 0 Å². The van der Waals surface area contributed by atoms with E-state index in [4.69, 9.17) is 16.2 Å². The van der Waals surface area contributed by atoms with Crippen molar-refractivity contribution in [2.45, 2.75) is 12.8 Å². The molecule has 8 heteroatoms. The first-order valence-electron chi connectivity index (χ1n) is 6.80. The van der Waals surface area contributed by atoms with Crippen molar-refractivity contribution in [3.8, 4) is 0 Å². The fourth-order valence-electron chi connectivity index (χ4n) is 1.87. The Kier molecular flexibility index (Phi) is 5.03. The number of hydrogen-bond acceptors (Lipinski definition) is 6. The molecule has 1 saturated carbocycles. The molecule has 0 radical (unpaired) electrons. The van der Waals surface area contributed by atoms with Gasteiger partial charge >= 0.3 is 0 Å². The van der Waals surface area contributed by atoms with Crippen LogP contribution < -0.4 is 22.1 Å². The van der Waals surface area contributed by atoms with Gasteiger partial charge in [-0.15, -0.1) is 11.3 Å². The SMILES string of the molecule is CNC(=O)c1c(NCCOCC2CC2)sc(C(N)=O)c1N. The number of ether oxygens (including phenoxy) is 1. The molecular weight excluding hydrogens is 292 g/mol. The topological polar surface area (TPSA) is 119 Å². The molecule has 0 spiro atoms. The lowest BCUT2D eigenvalue weighted by molar-refractivity contribution is 0.0964. The maximum Gasteiger partial charge on any atom is 0.260 e. The molecule has 0 atom stereocenters. The molecule has 1 heterocycles. The number of thiophene rings is 1. The number of nitrogens with two attached hydrogens (primary N) is 2. The van der Waals surface area contributed by atoms with E-state index in [1.165, 1.54) is 19.9 Å². The van der Waals surface area contributed by atoms with Gasteiger partial charge in [0.2, 0.25) is 0 Å². The lowest BCUT2D eigenvalue weighted by atomic mass is 10.2. The number of primary amides is 1. The zero-order valence-electron chi connectivity index (χ0n) is 11.9. The van der Waals surface area contributed by atoms with Crippen molar-refractivity contribution < 1.29 is 14.3 Å². The number of nitrogens with one attached hydrogen (secondary N) is 2. The molecule has 0 unspecified atom stereocenters. The van der Waals surface area contributed by atoms with Crippen LogP contribution >= 0.6 is 11.3 Å². The fourth-order valence-corrected chi connectivity index (χ4v) is 2.87. The Morgan fingerprint density at radius 1 is 1.43 bits per heavy atom. The van der Waals surface area contributed by atoms with E-state index in [9.17, 15) is 9.59 Å². The average Bonchev–Trinajstić information content (AvgIpc) is 3.21. The van der Waals surface area contributed by atoms with Crippen molar-refractivity contribution in [3.05, 3.63) is 10.4 Å². The minimum atomic E-state index is -0.638. The Bertz CT molecular complexity index is 540. The smallest absolute Gasteiger partial charge is 0.260 e. The van der Waals surface area contributed by atoms with Crippen molar-refractivity contribution in [3.63, 3.8) is 0 Å². The van der Waals surface area contributed by atoms with Crippen LogP contribution in [0.1, 0.15) is 32.9 Å². The summed E-state index contributed by atoms with van der Waals surface area (Å²) in [7, 11) is 1.51. The van der Waals surface area contributed by atoms with E-state index in [0.29, 0.717) is 24.1 Å². The van der Waals surface area contributed by atoms with Crippen LogP contribution in [0.5, 0.6) is 0 Å². The van der Waals surface area contributed by atoms with E-state index in [-0.39, 0.29) is 22.0 Å². The predicted octanol–water partition coefficient (Wildman–Crippen LogP) is 0.627. The van der Waals surface area contributed by atoms with Gasteiger partial charge in [0.1, 0.15) is 9.88 Å². The van der Waals surface area contributed by atoms with Gasteiger partial charge in [0, 0.05) is 20.2 Å². The first-order chi connectivity index (χ1) is 10.0.